The van der Waals surface area contributed by atoms with Crippen LogP contribution in [0.4, 0.5) is 0 Å². The van der Waals surface area contributed by atoms with E-state index in [4.69, 9.17) is 5.11 Å². The van der Waals surface area contributed by atoms with Crippen LogP contribution in [-0.4, -0.2) is 55.7 Å². The maximum absolute atomic E-state index is 12.5. The monoisotopic (exact) mass is 322 g/mol. The van der Waals surface area contributed by atoms with Crippen molar-refractivity contribution in [3.05, 3.63) is 0 Å². The number of carbonyl (C=O) groups excluding carboxylic acids is 1. The minimum Gasteiger partial charge on any atom is -0.481 e. The zero-order valence-corrected chi connectivity index (χ0v) is 14.1. The van der Waals surface area contributed by atoms with Crippen molar-refractivity contribution in [3.63, 3.8) is 0 Å². The van der Waals surface area contributed by atoms with E-state index in [9.17, 15) is 18.0 Å². The third kappa shape index (κ3) is 8.01. The second-order valence-electron chi connectivity index (χ2n) is 5.69. The molecule has 124 valence electrons. The number of aliphatic carboxylic acids is 1. The second kappa shape index (κ2) is 8.33. The Balaban J connectivity index is 5.08. The van der Waals surface area contributed by atoms with Crippen LogP contribution in [0.25, 0.3) is 0 Å². The molecule has 2 unspecified atom stereocenters. The van der Waals surface area contributed by atoms with Crippen LogP contribution in [0, 0.1) is 11.8 Å². The van der Waals surface area contributed by atoms with Crippen molar-refractivity contribution in [3.8, 4) is 0 Å². The van der Waals surface area contributed by atoms with Crippen LogP contribution in [-0.2, 0) is 19.6 Å². The Morgan fingerprint density at radius 2 is 1.76 bits per heavy atom. The van der Waals surface area contributed by atoms with Gasteiger partial charge in [-0.15, -0.1) is 0 Å². The summed E-state index contributed by atoms with van der Waals surface area (Å²) < 4.78 is 25.1. The number of nitrogens with zero attached hydrogens (tertiary/aromatic N) is 1. The molecule has 2 atom stereocenters. The van der Waals surface area contributed by atoms with Gasteiger partial charge in [0.25, 0.3) is 0 Å². The third-order valence-corrected chi connectivity index (χ3v) is 3.68. The number of sulfonamides is 1. The molecule has 0 aromatic rings. The highest BCUT2D eigenvalue weighted by molar-refractivity contribution is 7.88. The predicted octanol–water partition coefficient (Wildman–Crippen LogP) is 0.520. The molecule has 0 fully saturated rings. The Hall–Kier alpha value is -1.15. The van der Waals surface area contributed by atoms with Crippen molar-refractivity contribution in [1.29, 1.82) is 0 Å². The van der Waals surface area contributed by atoms with E-state index in [2.05, 4.69) is 4.72 Å². The number of amides is 1. The largest absolute Gasteiger partial charge is 0.481 e. The van der Waals surface area contributed by atoms with Gasteiger partial charge in [0.1, 0.15) is 6.04 Å². The van der Waals surface area contributed by atoms with Gasteiger partial charge in [0.05, 0.1) is 12.2 Å². The van der Waals surface area contributed by atoms with Crippen LogP contribution >= 0.6 is 0 Å². The molecular weight excluding hydrogens is 296 g/mol. The van der Waals surface area contributed by atoms with Gasteiger partial charge in [0.15, 0.2) is 0 Å². The van der Waals surface area contributed by atoms with Crippen molar-refractivity contribution in [2.45, 2.75) is 40.2 Å². The standard InChI is InChI=1S/C13H26N2O5S/c1-6-15(8-10(4)13(17)18)12(16)11(7-9(2)3)14-21(5,19)20/h9-11,14H,6-8H2,1-5H3,(H,17,18). The molecule has 0 saturated carbocycles. The van der Waals surface area contributed by atoms with E-state index < -0.39 is 28.0 Å². The molecule has 0 bridgehead atoms. The first-order chi connectivity index (χ1) is 9.47. The summed E-state index contributed by atoms with van der Waals surface area (Å²) in [6.07, 6.45) is 1.37. The number of hydrogen-bond donors (Lipinski definition) is 2. The lowest BCUT2D eigenvalue weighted by molar-refractivity contribution is -0.143. The number of carboxylic acids is 1. The fraction of sp³-hybridized carbons (Fsp3) is 0.846. The number of carbonyl (C=O) groups is 2. The Bertz CT molecular complexity index is 461. The number of carboxylic acid groups (broad SMARTS) is 1. The maximum atomic E-state index is 12.5. The third-order valence-electron chi connectivity index (χ3n) is 2.97. The van der Waals surface area contributed by atoms with Crippen LogP contribution in [0.15, 0.2) is 0 Å². The first kappa shape index (κ1) is 19.9. The molecule has 0 aliphatic rings. The Morgan fingerprint density at radius 1 is 1.24 bits per heavy atom. The summed E-state index contributed by atoms with van der Waals surface area (Å²) in [5, 5.41) is 8.93. The summed E-state index contributed by atoms with van der Waals surface area (Å²) >= 11 is 0. The average molecular weight is 322 g/mol. The van der Waals surface area contributed by atoms with E-state index in [1.165, 1.54) is 11.8 Å². The van der Waals surface area contributed by atoms with Crippen molar-refractivity contribution in [2.24, 2.45) is 11.8 Å². The first-order valence-electron chi connectivity index (χ1n) is 6.96. The summed E-state index contributed by atoms with van der Waals surface area (Å²) in [5.41, 5.74) is 0. The highest BCUT2D eigenvalue weighted by atomic mass is 32.2. The summed E-state index contributed by atoms with van der Waals surface area (Å²) in [5.74, 6) is -1.95. The van der Waals surface area contributed by atoms with Gasteiger partial charge in [-0.3, -0.25) is 9.59 Å². The zero-order valence-electron chi connectivity index (χ0n) is 13.3. The van der Waals surface area contributed by atoms with Gasteiger partial charge in [-0.05, 0) is 19.3 Å². The summed E-state index contributed by atoms with van der Waals surface area (Å²) in [6, 6.07) is -0.860. The molecule has 0 aliphatic carbocycles. The predicted molar refractivity (Wildman–Crippen MR) is 80.3 cm³/mol. The van der Waals surface area contributed by atoms with Gasteiger partial charge in [0.2, 0.25) is 15.9 Å². The quantitative estimate of drug-likeness (QED) is 0.644. The molecular formula is C13H26N2O5S. The molecule has 0 aliphatic heterocycles. The van der Waals surface area contributed by atoms with Gasteiger partial charge in [0, 0.05) is 13.1 Å². The number of rotatable bonds is 9. The first-order valence-corrected chi connectivity index (χ1v) is 8.85. The lowest BCUT2D eigenvalue weighted by atomic mass is 10.0. The van der Waals surface area contributed by atoms with Gasteiger partial charge in [-0.2, -0.15) is 0 Å². The maximum Gasteiger partial charge on any atom is 0.308 e. The van der Waals surface area contributed by atoms with E-state index in [1.54, 1.807) is 6.92 Å². The van der Waals surface area contributed by atoms with Crippen LogP contribution in [0.3, 0.4) is 0 Å². The van der Waals surface area contributed by atoms with Crippen molar-refractivity contribution < 1.29 is 23.1 Å². The highest BCUT2D eigenvalue weighted by Gasteiger charge is 2.28. The molecule has 1 amide bonds. The van der Waals surface area contributed by atoms with Crippen LogP contribution in [0.5, 0.6) is 0 Å². The minimum atomic E-state index is -3.51. The second-order valence-corrected chi connectivity index (χ2v) is 7.47. The minimum absolute atomic E-state index is 0.0602. The fourth-order valence-corrected chi connectivity index (χ4v) is 2.65. The molecule has 0 saturated heterocycles. The number of nitrogens with one attached hydrogen (secondary N) is 1. The van der Waals surface area contributed by atoms with E-state index in [0.717, 1.165) is 6.26 Å². The van der Waals surface area contributed by atoms with Crippen LogP contribution < -0.4 is 4.72 Å². The van der Waals surface area contributed by atoms with Gasteiger partial charge >= 0.3 is 5.97 Å². The lowest BCUT2D eigenvalue weighted by Crippen LogP contribution is -2.50. The smallest absolute Gasteiger partial charge is 0.308 e. The van der Waals surface area contributed by atoms with Crippen LogP contribution in [0.2, 0.25) is 0 Å². The number of likely N-dealkylation sites (N-methyl/N-ethyl adjacent to an activating group) is 1. The fourth-order valence-electron chi connectivity index (χ4n) is 1.93. The van der Waals surface area contributed by atoms with Crippen molar-refractivity contribution in [2.75, 3.05) is 19.3 Å². The molecule has 0 spiro atoms. The van der Waals surface area contributed by atoms with Crippen molar-refractivity contribution >= 4 is 21.9 Å². The number of hydrogen-bond acceptors (Lipinski definition) is 4. The molecule has 0 radical (unpaired) electrons. The average Bonchev–Trinajstić information content (AvgIpc) is 2.31. The molecule has 0 heterocycles. The van der Waals surface area contributed by atoms with Gasteiger partial charge in [-0.1, -0.05) is 20.8 Å². The summed E-state index contributed by atoms with van der Waals surface area (Å²) in [6.45, 7) is 7.42. The van der Waals surface area contributed by atoms with Crippen LogP contribution in [0.1, 0.15) is 34.1 Å². The van der Waals surface area contributed by atoms with Gasteiger partial charge < -0.3 is 10.0 Å². The summed E-state index contributed by atoms with van der Waals surface area (Å²) in [4.78, 5) is 24.7. The highest BCUT2D eigenvalue weighted by Crippen LogP contribution is 2.11. The molecule has 0 aromatic heterocycles. The van der Waals surface area contributed by atoms with Gasteiger partial charge in [-0.25, -0.2) is 13.1 Å². The molecule has 8 heteroatoms. The Kier molecular flexibility index (Phi) is 7.87. The lowest BCUT2D eigenvalue weighted by Gasteiger charge is -2.28. The molecule has 0 aromatic carbocycles. The van der Waals surface area contributed by atoms with E-state index in [1.807, 2.05) is 13.8 Å². The SMILES string of the molecule is CCN(CC(C)C(=O)O)C(=O)C(CC(C)C)NS(C)(=O)=O. The molecule has 7 nitrogen and oxygen atoms in total. The topological polar surface area (TPSA) is 104 Å². The summed E-state index contributed by atoms with van der Waals surface area (Å²) in [7, 11) is -3.51. The van der Waals surface area contributed by atoms with E-state index in [0.29, 0.717) is 13.0 Å². The Morgan fingerprint density at radius 3 is 2.10 bits per heavy atom. The normalized spacial score (nSPS) is 14.8. The molecule has 2 N–H and O–H groups in total. The van der Waals surface area contributed by atoms with E-state index >= 15 is 0 Å². The molecule has 21 heavy (non-hydrogen) atoms. The molecule has 0 rings (SSSR count). The van der Waals surface area contributed by atoms with E-state index in [-0.39, 0.29) is 18.4 Å². The Labute approximate surface area is 126 Å². The van der Waals surface area contributed by atoms with Crippen molar-refractivity contribution in [1.82, 2.24) is 9.62 Å². The zero-order chi connectivity index (χ0) is 16.8.